The molecule has 0 fully saturated rings. The van der Waals surface area contributed by atoms with Gasteiger partial charge in [-0.25, -0.2) is 9.78 Å². The zero-order valence-corrected chi connectivity index (χ0v) is 8.91. The van der Waals surface area contributed by atoms with Gasteiger partial charge in [0.05, 0.1) is 12.5 Å². The van der Waals surface area contributed by atoms with Crippen molar-refractivity contribution in [1.29, 1.82) is 0 Å². The van der Waals surface area contributed by atoms with Crippen molar-refractivity contribution in [3.8, 4) is 5.88 Å². The van der Waals surface area contributed by atoms with E-state index in [1.165, 1.54) is 7.11 Å². The Hall–Kier alpha value is -1.62. The number of methoxy groups -OCH3 is 1. The van der Waals surface area contributed by atoms with Gasteiger partial charge in [0.1, 0.15) is 0 Å². The van der Waals surface area contributed by atoms with Crippen molar-refractivity contribution in [3.05, 3.63) is 23.7 Å². The number of thiophene rings is 1. The molecule has 2 rings (SSSR count). The van der Waals surface area contributed by atoms with Crippen molar-refractivity contribution in [2.24, 2.45) is 0 Å². The molecule has 0 spiro atoms. The lowest BCUT2D eigenvalue weighted by atomic mass is 10.3. The first kappa shape index (κ1) is 9.92. The van der Waals surface area contributed by atoms with Crippen LogP contribution in [0, 0.1) is 0 Å². The maximum absolute atomic E-state index is 10.9. The van der Waals surface area contributed by atoms with Crippen LogP contribution in [-0.4, -0.2) is 24.7 Å². The van der Waals surface area contributed by atoms with Crippen LogP contribution < -0.4 is 4.74 Å². The summed E-state index contributed by atoms with van der Waals surface area (Å²) in [5.41, 5.74) is 0. The fourth-order valence-electron chi connectivity index (χ4n) is 1.17. The predicted molar refractivity (Wildman–Crippen MR) is 57.1 cm³/mol. The third-order valence-corrected chi connectivity index (χ3v) is 2.78. The van der Waals surface area contributed by atoms with Gasteiger partial charge in [-0.3, -0.25) is 0 Å². The quantitative estimate of drug-likeness (QED) is 0.745. The molecule has 0 atom stereocenters. The van der Waals surface area contributed by atoms with Crippen molar-refractivity contribution in [1.82, 2.24) is 4.98 Å². The molecule has 0 bridgehead atoms. The third-order valence-electron chi connectivity index (χ3n) is 1.90. The first-order valence-electron chi connectivity index (χ1n) is 4.33. The van der Waals surface area contributed by atoms with Gasteiger partial charge in [-0.1, -0.05) is 0 Å². The van der Waals surface area contributed by atoms with Gasteiger partial charge in [-0.2, -0.15) is 0 Å². The summed E-state index contributed by atoms with van der Waals surface area (Å²) in [7, 11) is 1.32. The number of nitrogens with zero attached hydrogens (tertiary/aromatic N) is 1. The van der Waals surface area contributed by atoms with Crippen LogP contribution in [-0.2, 0) is 9.53 Å². The lowest BCUT2D eigenvalue weighted by Gasteiger charge is -2.04. The van der Waals surface area contributed by atoms with Gasteiger partial charge in [0.2, 0.25) is 5.88 Å². The van der Waals surface area contributed by atoms with Crippen molar-refractivity contribution >= 4 is 27.4 Å². The SMILES string of the molecule is COC(=O)COc1nccc2sccc12. The van der Waals surface area contributed by atoms with Crippen LogP contribution in [0.1, 0.15) is 0 Å². The van der Waals surface area contributed by atoms with E-state index >= 15 is 0 Å². The summed E-state index contributed by atoms with van der Waals surface area (Å²) in [6.07, 6.45) is 1.66. The Morgan fingerprint density at radius 1 is 1.53 bits per heavy atom. The summed E-state index contributed by atoms with van der Waals surface area (Å²) in [4.78, 5) is 14.9. The summed E-state index contributed by atoms with van der Waals surface area (Å²) < 4.78 is 10.8. The number of fused-ring (bicyclic) bond motifs is 1. The van der Waals surface area contributed by atoms with Crippen LogP contribution in [0.2, 0.25) is 0 Å². The normalized spacial score (nSPS) is 10.2. The largest absolute Gasteiger partial charge is 0.466 e. The molecule has 0 amide bonds. The Balaban J connectivity index is 2.20. The van der Waals surface area contributed by atoms with Crippen LogP contribution in [0.5, 0.6) is 5.88 Å². The van der Waals surface area contributed by atoms with E-state index in [1.54, 1.807) is 17.5 Å². The predicted octanol–water partition coefficient (Wildman–Crippen LogP) is 1.85. The first-order valence-corrected chi connectivity index (χ1v) is 5.21. The van der Waals surface area contributed by atoms with Crippen molar-refractivity contribution in [3.63, 3.8) is 0 Å². The van der Waals surface area contributed by atoms with Crippen molar-refractivity contribution in [2.45, 2.75) is 0 Å². The molecule has 0 radical (unpaired) electrons. The van der Waals surface area contributed by atoms with Gasteiger partial charge >= 0.3 is 5.97 Å². The molecule has 0 N–H and O–H groups in total. The van der Waals surface area contributed by atoms with Crippen LogP contribution in [0.3, 0.4) is 0 Å². The van der Waals surface area contributed by atoms with E-state index in [0.29, 0.717) is 5.88 Å². The fraction of sp³-hybridized carbons (Fsp3) is 0.200. The molecule has 4 nitrogen and oxygen atoms in total. The number of hydrogen-bond donors (Lipinski definition) is 0. The Morgan fingerprint density at radius 2 is 2.40 bits per heavy atom. The van der Waals surface area contributed by atoms with Gasteiger partial charge in [-0.15, -0.1) is 11.3 Å². The van der Waals surface area contributed by atoms with Crippen LogP contribution in [0.15, 0.2) is 23.7 Å². The molecule has 0 aliphatic rings. The molecule has 15 heavy (non-hydrogen) atoms. The van der Waals surface area contributed by atoms with Crippen molar-refractivity contribution in [2.75, 3.05) is 13.7 Å². The summed E-state index contributed by atoms with van der Waals surface area (Å²) >= 11 is 1.61. The highest BCUT2D eigenvalue weighted by Crippen LogP contribution is 2.27. The topological polar surface area (TPSA) is 48.4 Å². The highest BCUT2D eigenvalue weighted by atomic mass is 32.1. The van der Waals surface area contributed by atoms with Crippen LogP contribution in [0.25, 0.3) is 10.1 Å². The van der Waals surface area contributed by atoms with E-state index in [4.69, 9.17) is 4.74 Å². The average molecular weight is 223 g/mol. The first-order chi connectivity index (χ1) is 7.31. The van der Waals surface area contributed by atoms with E-state index < -0.39 is 5.97 Å². The molecule has 0 saturated heterocycles. The summed E-state index contributed by atoms with van der Waals surface area (Å²) in [5, 5.41) is 2.88. The van der Waals surface area contributed by atoms with E-state index in [-0.39, 0.29) is 6.61 Å². The minimum absolute atomic E-state index is 0.113. The van der Waals surface area contributed by atoms with Crippen LogP contribution >= 0.6 is 11.3 Å². The van der Waals surface area contributed by atoms with E-state index in [2.05, 4.69) is 9.72 Å². The monoisotopic (exact) mass is 223 g/mol. The number of carbonyl (C=O) groups is 1. The summed E-state index contributed by atoms with van der Waals surface area (Å²) in [6, 6.07) is 3.82. The molecular weight excluding hydrogens is 214 g/mol. The van der Waals surface area contributed by atoms with E-state index in [9.17, 15) is 4.79 Å². The molecule has 0 saturated carbocycles. The second-order valence-corrected chi connectivity index (χ2v) is 3.76. The zero-order valence-electron chi connectivity index (χ0n) is 8.10. The average Bonchev–Trinajstić information content (AvgIpc) is 2.74. The Kier molecular flexibility index (Phi) is 2.82. The third kappa shape index (κ3) is 2.07. The number of esters is 1. The molecule has 0 aliphatic heterocycles. The highest BCUT2D eigenvalue weighted by molar-refractivity contribution is 7.17. The molecule has 0 aliphatic carbocycles. The van der Waals surface area contributed by atoms with Gasteiger partial charge < -0.3 is 9.47 Å². The van der Waals surface area contributed by atoms with Gasteiger partial charge in [0.25, 0.3) is 0 Å². The fourth-order valence-corrected chi connectivity index (χ4v) is 1.94. The minimum atomic E-state index is -0.413. The molecule has 2 aromatic heterocycles. The van der Waals surface area contributed by atoms with E-state index in [1.807, 2.05) is 17.5 Å². The standard InChI is InChI=1S/C10H9NO3S/c1-13-9(12)6-14-10-7-3-5-15-8(7)2-4-11-10/h2-5H,6H2,1H3. The summed E-state index contributed by atoms with van der Waals surface area (Å²) in [5.74, 6) is 0.0585. The number of carbonyl (C=O) groups excluding carboxylic acids is 1. The number of rotatable bonds is 3. The Morgan fingerprint density at radius 3 is 3.20 bits per heavy atom. The van der Waals surface area contributed by atoms with Crippen molar-refractivity contribution < 1.29 is 14.3 Å². The molecule has 0 aromatic carbocycles. The summed E-state index contributed by atoms with van der Waals surface area (Å²) in [6.45, 7) is -0.113. The van der Waals surface area contributed by atoms with E-state index in [0.717, 1.165) is 10.1 Å². The molecule has 78 valence electrons. The highest BCUT2D eigenvalue weighted by Gasteiger charge is 2.07. The van der Waals surface area contributed by atoms with Gasteiger partial charge in [0, 0.05) is 10.9 Å². The number of ether oxygens (including phenoxy) is 2. The maximum Gasteiger partial charge on any atom is 0.343 e. The maximum atomic E-state index is 10.9. The minimum Gasteiger partial charge on any atom is -0.466 e. The number of pyridine rings is 1. The Labute approximate surface area is 90.5 Å². The zero-order chi connectivity index (χ0) is 10.7. The molecule has 0 unspecified atom stereocenters. The molecule has 2 aromatic rings. The molecule has 5 heteroatoms. The van der Waals surface area contributed by atoms with Gasteiger partial charge in [-0.05, 0) is 17.5 Å². The van der Waals surface area contributed by atoms with Gasteiger partial charge in [0.15, 0.2) is 6.61 Å². The lowest BCUT2D eigenvalue weighted by molar-refractivity contribution is -0.142. The molecular formula is C10H9NO3S. The molecule has 2 heterocycles. The Bertz CT molecular complexity index is 480. The smallest absolute Gasteiger partial charge is 0.343 e. The van der Waals surface area contributed by atoms with Crippen LogP contribution in [0.4, 0.5) is 0 Å². The lowest BCUT2D eigenvalue weighted by Crippen LogP contribution is -2.13. The second-order valence-electron chi connectivity index (χ2n) is 2.81. The number of hydrogen-bond acceptors (Lipinski definition) is 5. The second kappa shape index (κ2) is 4.27. The number of aromatic nitrogens is 1.